The molecule has 76 valence electrons. The van der Waals surface area contributed by atoms with Crippen molar-refractivity contribution in [2.24, 2.45) is 0 Å². The molecule has 0 N–H and O–H groups in total. The predicted molar refractivity (Wildman–Crippen MR) is 61.6 cm³/mol. The van der Waals surface area contributed by atoms with Gasteiger partial charge in [-0.2, -0.15) is 0 Å². The largest absolute Gasteiger partial charge is 0.494 e. The van der Waals surface area contributed by atoms with E-state index in [1.165, 1.54) is 12.0 Å². The average molecular weight is 190 g/mol. The number of benzene rings is 1. The highest BCUT2D eigenvalue weighted by Gasteiger charge is 1.95. The standard InChI is InChI=1S/C13H18O/c1-4-5-10-14-13-8-6-12(7-9-13)11(2)3/h6-9H,2,4-5,10H2,1,3H3. The third kappa shape index (κ3) is 3.25. The van der Waals surface area contributed by atoms with Crippen LogP contribution in [0, 0.1) is 0 Å². The van der Waals surface area contributed by atoms with E-state index in [-0.39, 0.29) is 0 Å². The van der Waals surface area contributed by atoms with Crippen LogP contribution >= 0.6 is 0 Å². The van der Waals surface area contributed by atoms with Gasteiger partial charge in [0.05, 0.1) is 6.61 Å². The second-order valence-corrected chi connectivity index (χ2v) is 3.51. The Bertz CT molecular complexity index is 285. The summed E-state index contributed by atoms with van der Waals surface area (Å²) in [7, 11) is 0. The van der Waals surface area contributed by atoms with Crippen molar-refractivity contribution in [3.8, 4) is 5.75 Å². The average Bonchev–Trinajstić information content (AvgIpc) is 2.19. The van der Waals surface area contributed by atoms with Crippen molar-refractivity contribution in [3.63, 3.8) is 0 Å². The van der Waals surface area contributed by atoms with Crippen molar-refractivity contribution < 1.29 is 4.74 Å². The lowest BCUT2D eigenvalue weighted by Crippen LogP contribution is -1.96. The van der Waals surface area contributed by atoms with E-state index in [1.54, 1.807) is 0 Å². The van der Waals surface area contributed by atoms with Crippen LogP contribution in [0.25, 0.3) is 5.57 Å². The Balaban J connectivity index is 2.51. The monoisotopic (exact) mass is 190 g/mol. The minimum atomic E-state index is 0.808. The van der Waals surface area contributed by atoms with Crippen molar-refractivity contribution in [2.75, 3.05) is 6.61 Å². The number of allylic oxidation sites excluding steroid dienone is 1. The van der Waals surface area contributed by atoms with Gasteiger partial charge in [-0.25, -0.2) is 0 Å². The quantitative estimate of drug-likeness (QED) is 0.640. The molecule has 0 fully saturated rings. The minimum Gasteiger partial charge on any atom is -0.494 e. The van der Waals surface area contributed by atoms with Crippen LogP contribution in [0.15, 0.2) is 30.8 Å². The van der Waals surface area contributed by atoms with Crippen LogP contribution in [0.1, 0.15) is 32.3 Å². The van der Waals surface area contributed by atoms with E-state index in [0.717, 1.165) is 24.4 Å². The van der Waals surface area contributed by atoms with Crippen molar-refractivity contribution in [2.45, 2.75) is 26.7 Å². The number of rotatable bonds is 5. The van der Waals surface area contributed by atoms with Crippen LogP contribution in [-0.2, 0) is 0 Å². The minimum absolute atomic E-state index is 0.808. The Morgan fingerprint density at radius 2 is 1.93 bits per heavy atom. The lowest BCUT2D eigenvalue weighted by atomic mass is 10.1. The number of ether oxygens (including phenoxy) is 1. The van der Waals surface area contributed by atoms with Crippen LogP contribution < -0.4 is 4.74 Å². The lowest BCUT2D eigenvalue weighted by molar-refractivity contribution is 0.309. The van der Waals surface area contributed by atoms with Crippen molar-refractivity contribution in [3.05, 3.63) is 36.4 Å². The van der Waals surface area contributed by atoms with Crippen molar-refractivity contribution in [1.29, 1.82) is 0 Å². The highest BCUT2D eigenvalue weighted by molar-refractivity contribution is 5.61. The molecule has 0 aliphatic rings. The molecule has 0 aliphatic carbocycles. The maximum Gasteiger partial charge on any atom is 0.119 e. The molecule has 0 aromatic heterocycles. The lowest BCUT2D eigenvalue weighted by Gasteiger charge is -2.06. The Morgan fingerprint density at radius 3 is 2.43 bits per heavy atom. The molecule has 0 spiro atoms. The van der Waals surface area contributed by atoms with Gasteiger partial charge < -0.3 is 4.74 Å². The molecule has 0 heterocycles. The van der Waals surface area contributed by atoms with Gasteiger partial charge in [-0.1, -0.05) is 37.6 Å². The summed E-state index contributed by atoms with van der Waals surface area (Å²) in [6, 6.07) is 8.09. The van der Waals surface area contributed by atoms with E-state index in [4.69, 9.17) is 4.74 Å². The van der Waals surface area contributed by atoms with E-state index in [9.17, 15) is 0 Å². The summed E-state index contributed by atoms with van der Waals surface area (Å²) in [5.41, 5.74) is 2.26. The molecule has 0 radical (unpaired) electrons. The van der Waals surface area contributed by atoms with E-state index in [0.29, 0.717) is 0 Å². The molecule has 14 heavy (non-hydrogen) atoms. The van der Waals surface area contributed by atoms with Gasteiger partial charge in [0.25, 0.3) is 0 Å². The van der Waals surface area contributed by atoms with Crippen molar-refractivity contribution in [1.82, 2.24) is 0 Å². The number of unbranched alkanes of at least 4 members (excludes halogenated alkanes) is 1. The smallest absolute Gasteiger partial charge is 0.119 e. The highest BCUT2D eigenvalue weighted by Crippen LogP contribution is 2.17. The molecule has 1 rings (SSSR count). The summed E-state index contributed by atoms with van der Waals surface area (Å²) in [6.45, 7) is 8.87. The molecule has 0 amide bonds. The molecule has 0 bridgehead atoms. The normalized spacial score (nSPS) is 9.86. The van der Waals surface area contributed by atoms with Gasteiger partial charge in [0, 0.05) is 0 Å². The molecule has 0 aliphatic heterocycles. The summed E-state index contributed by atoms with van der Waals surface area (Å²) >= 11 is 0. The Morgan fingerprint density at radius 1 is 1.29 bits per heavy atom. The van der Waals surface area contributed by atoms with E-state index >= 15 is 0 Å². The van der Waals surface area contributed by atoms with E-state index < -0.39 is 0 Å². The Kier molecular flexibility index (Phi) is 4.24. The predicted octanol–water partition coefficient (Wildman–Crippen LogP) is 3.90. The van der Waals surface area contributed by atoms with Crippen LogP contribution in [-0.4, -0.2) is 6.61 Å². The maximum absolute atomic E-state index is 5.55. The number of hydrogen-bond acceptors (Lipinski definition) is 1. The van der Waals surface area contributed by atoms with E-state index in [2.05, 4.69) is 13.5 Å². The summed E-state index contributed by atoms with van der Waals surface area (Å²) in [5, 5.41) is 0. The zero-order valence-corrected chi connectivity index (χ0v) is 9.05. The van der Waals surface area contributed by atoms with Gasteiger partial charge in [-0.15, -0.1) is 0 Å². The Hall–Kier alpha value is -1.24. The third-order valence-corrected chi connectivity index (χ3v) is 2.11. The molecular weight excluding hydrogens is 172 g/mol. The first-order chi connectivity index (χ1) is 6.74. The zero-order valence-electron chi connectivity index (χ0n) is 9.05. The van der Waals surface area contributed by atoms with Gasteiger partial charge in [0.1, 0.15) is 5.75 Å². The fourth-order valence-electron chi connectivity index (χ4n) is 1.17. The molecular formula is C13H18O. The Labute approximate surface area is 86.4 Å². The van der Waals surface area contributed by atoms with E-state index in [1.807, 2.05) is 31.2 Å². The molecule has 1 aromatic rings. The first kappa shape index (κ1) is 10.8. The molecule has 0 saturated heterocycles. The second-order valence-electron chi connectivity index (χ2n) is 3.51. The maximum atomic E-state index is 5.55. The van der Waals surface area contributed by atoms with Crippen LogP contribution in [0.2, 0.25) is 0 Å². The molecule has 0 unspecified atom stereocenters. The first-order valence-electron chi connectivity index (χ1n) is 5.12. The summed E-state index contributed by atoms with van der Waals surface area (Å²) < 4.78 is 5.55. The second kappa shape index (κ2) is 5.48. The fraction of sp³-hybridized carbons (Fsp3) is 0.385. The molecule has 1 aromatic carbocycles. The van der Waals surface area contributed by atoms with Gasteiger partial charge in [0.15, 0.2) is 0 Å². The van der Waals surface area contributed by atoms with Gasteiger partial charge in [0.2, 0.25) is 0 Å². The van der Waals surface area contributed by atoms with Gasteiger partial charge in [-0.05, 0) is 31.0 Å². The topological polar surface area (TPSA) is 9.23 Å². The SMILES string of the molecule is C=C(C)c1ccc(OCCCC)cc1. The number of hydrogen-bond donors (Lipinski definition) is 0. The molecule has 1 heteroatoms. The van der Waals surface area contributed by atoms with Crippen LogP contribution in [0.3, 0.4) is 0 Å². The summed E-state index contributed by atoms with van der Waals surface area (Å²) in [4.78, 5) is 0. The summed E-state index contributed by atoms with van der Waals surface area (Å²) in [5.74, 6) is 0.948. The van der Waals surface area contributed by atoms with Crippen LogP contribution in [0.4, 0.5) is 0 Å². The van der Waals surface area contributed by atoms with Gasteiger partial charge >= 0.3 is 0 Å². The van der Waals surface area contributed by atoms with Gasteiger partial charge in [-0.3, -0.25) is 0 Å². The summed E-state index contributed by atoms with van der Waals surface area (Å²) in [6.07, 6.45) is 2.28. The fourth-order valence-corrected chi connectivity index (χ4v) is 1.17. The zero-order chi connectivity index (χ0) is 10.4. The van der Waals surface area contributed by atoms with Crippen LogP contribution in [0.5, 0.6) is 5.75 Å². The first-order valence-corrected chi connectivity index (χ1v) is 5.12. The molecule has 1 nitrogen and oxygen atoms in total. The molecule has 0 saturated carbocycles. The molecule has 0 atom stereocenters. The van der Waals surface area contributed by atoms with Crippen molar-refractivity contribution >= 4 is 5.57 Å². The highest BCUT2D eigenvalue weighted by atomic mass is 16.5. The third-order valence-electron chi connectivity index (χ3n) is 2.11.